The molecule has 0 saturated carbocycles. The van der Waals surface area contributed by atoms with Crippen LogP contribution in [0.2, 0.25) is 0 Å². The van der Waals surface area contributed by atoms with E-state index >= 15 is 8.78 Å². The summed E-state index contributed by atoms with van der Waals surface area (Å²) in [5.74, 6) is -3.28. The third-order valence-electron chi connectivity index (χ3n) is 9.73. The number of nitrogens with zero attached hydrogens (tertiary/aromatic N) is 4. The fourth-order valence-electron chi connectivity index (χ4n) is 7.00. The number of aromatic nitrogens is 3. The van der Waals surface area contributed by atoms with E-state index in [9.17, 15) is 13.2 Å². The molecule has 6 heterocycles. The number of pyridine rings is 1. The average molecular weight is 641 g/mol. The van der Waals surface area contributed by atoms with Crippen LogP contribution in [0.3, 0.4) is 0 Å². The Balaban J connectivity index is 1.40. The van der Waals surface area contributed by atoms with Crippen LogP contribution in [0.15, 0.2) is 53.7 Å². The Labute approximate surface area is 263 Å². The summed E-state index contributed by atoms with van der Waals surface area (Å²) >= 11 is 0. The molecule has 2 saturated heterocycles. The lowest BCUT2D eigenvalue weighted by Gasteiger charge is -2.36. The first-order valence-corrected chi connectivity index (χ1v) is 17.8. The van der Waals surface area contributed by atoms with Crippen molar-refractivity contribution < 1.29 is 17.2 Å². The Kier molecular flexibility index (Phi) is 8.98. The van der Waals surface area contributed by atoms with Crippen LogP contribution in [-0.4, -0.2) is 65.5 Å². The molecule has 4 aliphatic heterocycles. The van der Waals surface area contributed by atoms with Crippen molar-refractivity contribution in [3.8, 4) is 0 Å². The van der Waals surface area contributed by atoms with Gasteiger partial charge in [-0.05, 0) is 82.2 Å². The van der Waals surface area contributed by atoms with Gasteiger partial charge in [0.25, 0.3) is 11.5 Å². The Morgan fingerprint density at radius 3 is 2.53 bits per heavy atom. The predicted molar refractivity (Wildman–Crippen MR) is 172 cm³/mol. The number of anilines is 1. The van der Waals surface area contributed by atoms with E-state index in [0.717, 1.165) is 12.1 Å². The van der Waals surface area contributed by atoms with Crippen LogP contribution in [0.1, 0.15) is 74.1 Å². The molecular weight excluding hydrogens is 598 g/mol. The number of fused-ring (bicyclic) bond motifs is 9. The third-order valence-corrected chi connectivity index (χ3v) is 11.4. The van der Waals surface area contributed by atoms with E-state index in [1.54, 1.807) is 16.7 Å². The van der Waals surface area contributed by atoms with Gasteiger partial charge in [0.05, 0.1) is 16.9 Å². The zero-order valence-electron chi connectivity index (χ0n) is 25.8. The fourth-order valence-corrected chi connectivity index (χ4v) is 8.49. The topological polar surface area (TPSA) is 109 Å². The molecule has 2 aromatic heterocycles. The molecule has 0 aliphatic carbocycles. The molecular formula is C33H42F2N6O3S. The molecule has 12 heteroatoms. The summed E-state index contributed by atoms with van der Waals surface area (Å²) in [4.78, 5) is 25.1. The second-order valence-corrected chi connectivity index (χ2v) is 15.1. The summed E-state index contributed by atoms with van der Waals surface area (Å²) in [6, 6.07) is 8.06. The normalized spacial score (nSPS) is 26.1. The maximum absolute atomic E-state index is 15.9. The van der Waals surface area contributed by atoms with Gasteiger partial charge in [-0.3, -0.25) is 14.3 Å². The van der Waals surface area contributed by atoms with Gasteiger partial charge in [-0.2, -0.15) is 0 Å². The van der Waals surface area contributed by atoms with Crippen LogP contribution in [-0.2, 0) is 22.3 Å². The van der Waals surface area contributed by atoms with E-state index in [1.807, 2.05) is 19.1 Å². The molecule has 0 radical (unpaired) electrons. The van der Waals surface area contributed by atoms with E-state index in [-0.39, 0.29) is 34.6 Å². The van der Waals surface area contributed by atoms with Crippen LogP contribution in [0.4, 0.5) is 14.6 Å². The standard InChI is InChI=1S/C33H42F2N6O3S/c1-22-20-40-14-8-26(9-15-40)33(34,35)27-7-5-6-25(18-27)23(2)39-30-29-19-28(24-10-16-45(43,44)17-11-24)32(42)41(13-4-3-12-36-22)31(29)38-21-37-30/h5-7,18-19,21,23-24,26,36H,1,3-4,8-17,20H2,2H3,(H,37,38,39)/t23-/m1/s1. The van der Waals surface area contributed by atoms with Gasteiger partial charge in [0.15, 0.2) is 0 Å². The van der Waals surface area contributed by atoms with Crippen molar-refractivity contribution in [2.45, 2.75) is 69.9 Å². The molecule has 7 rings (SSSR count). The highest BCUT2D eigenvalue weighted by atomic mass is 32.2. The summed E-state index contributed by atoms with van der Waals surface area (Å²) in [6.45, 7) is 8.98. The smallest absolute Gasteiger partial charge is 0.276 e. The van der Waals surface area contributed by atoms with Crippen molar-refractivity contribution in [3.05, 3.63) is 76.0 Å². The van der Waals surface area contributed by atoms with Crippen molar-refractivity contribution >= 4 is 26.7 Å². The quantitative estimate of drug-likeness (QED) is 0.385. The number of hydrogen-bond acceptors (Lipinski definition) is 8. The molecule has 0 spiro atoms. The van der Waals surface area contributed by atoms with Crippen molar-refractivity contribution in [3.63, 3.8) is 0 Å². The molecule has 3 aromatic rings. The summed E-state index contributed by atoms with van der Waals surface area (Å²) in [7, 11) is -3.11. The van der Waals surface area contributed by atoms with E-state index in [1.165, 1.54) is 12.4 Å². The van der Waals surface area contributed by atoms with Gasteiger partial charge < -0.3 is 10.6 Å². The van der Waals surface area contributed by atoms with Crippen molar-refractivity contribution in [2.75, 3.05) is 43.0 Å². The van der Waals surface area contributed by atoms with Gasteiger partial charge in [-0.25, -0.2) is 27.2 Å². The number of piperidine rings is 1. The molecule has 2 fully saturated rings. The average Bonchev–Trinajstić information content (AvgIpc) is 3.02. The van der Waals surface area contributed by atoms with E-state index in [2.05, 4.69) is 32.1 Å². The molecule has 242 valence electrons. The monoisotopic (exact) mass is 640 g/mol. The van der Waals surface area contributed by atoms with E-state index in [4.69, 9.17) is 0 Å². The lowest BCUT2D eigenvalue weighted by atomic mass is 9.85. The molecule has 8 bridgehead atoms. The number of aryl methyl sites for hydroxylation is 1. The highest BCUT2D eigenvalue weighted by molar-refractivity contribution is 7.91. The summed E-state index contributed by atoms with van der Waals surface area (Å²) in [5.41, 5.74) is 2.48. The predicted octanol–water partition coefficient (Wildman–Crippen LogP) is 4.96. The van der Waals surface area contributed by atoms with Crippen LogP contribution in [0.25, 0.3) is 11.0 Å². The molecule has 2 N–H and O–H groups in total. The maximum atomic E-state index is 15.9. The van der Waals surface area contributed by atoms with E-state index < -0.39 is 21.7 Å². The first-order valence-electron chi connectivity index (χ1n) is 16.0. The van der Waals surface area contributed by atoms with Gasteiger partial charge in [-0.1, -0.05) is 24.8 Å². The zero-order valence-corrected chi connectivity index (χ0v) is 26.6. The highest BCUT2D eigenvalue weighted by Crippen LogP contribution is 2.42. The number of nitrogens with one attached hydrogen (secondary N) is 2. The van der Waals surface area contributed by atoms with Crippen LogP contribution in [0, 0.1) is 5.92 Å². The Morgan fingerprint density at radius 1 is 1.02 bits per heavy atom. The number of hydrogen-bond donors (Lipinski definition) is 2. The minimum absolute atomic E-state index is 0.0139. The second kappa shape index (κ2) is 12.8. The first kappa shape index (κ1) is 31.6. The van der Waals surface area contributed by atoms with Crippen LogP contribution >= 0.6 is 0 Å². The van der Waals surface area contributed by atoms with Gasteiger partial charge in [-0.15, -0.1) is 0 Å². The molecule has 1 aromatic carbocycles. The summed E-state index contributed by atoms with van der Waals surface area (Å²) in [5, 5.41) is 7.43. The maximum Gasteiger partial charge on any atom is 0.276 e. The van der Waals surface area contributed by atoms with Gasteiger partial charge >= 0.3 is 0 Å². The minimum atomic E-state index is -3.11. The lowest BCUT2D eigenvalue weighted by Crippen LogP contribution is -2.41. The SMILES string of the molecule is C=C1CN2CCC(CC2)C(F)(F)c2cccc(c2)[C@@H](C)Nc2ncnc3c2cc(C2CCS(=O)(=O)CC2)c(=O)n3CCCCN1. The number of halogens is 2. The highest BCUT2D eigenvalue weighted by Gasteiger charge is 2.43. The van der Waals surface area contributed by atoms with Crippen molar-refractivity contribution in [2.24, 2.45) is 5.92 Å². The molecule has 0 amide bonds. The Bertz CT molecular complexity index is 1720. The third kappa shape index (κ3) is 6.77. The van der Waals surface area contributed by atoms with Crippen LogP contribution in [0.5, 0.6) is 0 Å². The molecule has 9 nitrogen and oxygen atoms in total. The molecule has 1 atom stereocenters. The lowest BCUT2D eigenvalue weighted by molar-refractivity contribution is -0.0849. The van der Waals surface area contributed by atoms with Crippen molar-refractivity contribution in [1.82, 2.24) is 24.8 Å². The Hall–Kier alpha value is -3.38. The number of alkyl halides is 2. The van der Waals surface area contributed by atoms with Gasteiger partial charge in [0.1, 0.15) is 27.6 Å². The first-order chi connectivity index (χ1) is 21.5. The van der Waals surface area contributed by atoms with Gasteiger partial charge in [0, 0.05) is 48.4 Å². The summed E-state index contributed by atoms with van der Waals surface area (Å²) in [6.07, 6.45) is 4.53. The Morgan fingerprint density at radius 2 is 1.78 bits per heavy atom. The largest absolute Gasteiger partial charge is 0.388 e. The zero-order chi connectivity index (χ0) is 31.8. The number of sulfone groups is 1. The van der Waals surface area contributed by atoms with Crippen molar-refractivity contribution in [1.29, 1.82) is 0 Å². The van der Waals surface area contributed by atoms with Crippen LogP contribution < -0.4 is 16.2 Å². The number of benzene rings is 1. The fraction of sp³-hybridized carbons (Fsp3) is 0.545. The van der Waals surface area contributed by atoms with E-state index in [0.29, 0.717) is 92.8 Å². The molecule has 45 heavy (non-hydrogen) atoms. The van der Waals surface area contributed by atoms with Gasteiger partial charge in [0.2, 0.25) is 0 Å². The molecule has 4 aliphatic rings. The summed E-state index contributed by atoms with van der Waals surface area (Å²) < 4.78 is 57.8. The minimum Gasteiger partial charge on any atom is -0.388 e. The second-order valence-electron chi connectivity index (χ2n) is 12.8. The molecule has 0 unspecified atom stereocenters. The number of rotatable bonds is 1.